The highest BCUT2D eigenvalue weighted by Gasteiger charge is 2.36. The molecule has 0 saturated heterocycles. The first-order valence-electron chi connectivity index (χ1n) is 10.2. The van der Waals surface area contributed by atoms with Gasteiger partial charge >= 0.3 is 6.18 Å². The lowest BCUT2D eigenvalue weighted by atomic mass is 9.99. The molecular weight excluding hydrogens is 417 g/mol. The number of benzene rings is 2. The number of nitrogens with zero attached hydrogens (tertiary/aromatic N) is 4. The van der Waals surface area contributed by atoms with Crippen LogP contribution in [0.1, 0.15) is 33.4 Å². The molecule has 1 amide bonds. The standard InChI is InChI=1S/C24H19F3N4O/c25-24(26,27)21-11-12-28-31(21)19-9-4-8-18(16-19)23(32)30-15-14-29-13-5-10-20(29)22(30)17-6-2-1-3-7-17/h1-13,16,22H,14-15H2. The summed E-state index contributed by atoms with van der Waals surface area (Å²) < 4.78 is 42.9. The molecule has 4 aromatic rings. The van der Waals surface area contributed by atoms with Crippen LogP contribution in [0.2, 0.25) is 0 Å². The first-order valence-corrected chi connectivity index (χ1v) is 10.2. The lowest BCUT2D eigenvalue weighted by Crippen LogP contribution is -2.42. The molecule has 5 nitrogen and oxygen atoms in total. The number of alkyl halides is 3. The summed E-state index contributed by atoms with van der Waals surface area (Å²) in [5.74, 6) is -0.242. The molecule has 1 atom stereocenters. The van der Waals surface area contributed by atoms with E-state index in [-0.39, 0.29) is 17.6 Å². The fraction of sp³-hybridized carbons (Fsp3) is 0.167. The molecule has 1 unspecified atom stereocenters. The molecule has 1 aliphatic rings. The Kier molecular flexibility index (Phi) is 4.84. The number of carbonyl (C=O) groups is 1. The third kappa shape index (κ3) is 3.47. The van der Waals surface area contributed by atoms with Crippen LogP contribution in [-0.2, 0) is 12.7 Å². The molecule has 3 heterocycles. The third-order valence-corrected chi connectivity index (χ3v) is 5.69. The van der Waals surface area contributed by atoms with Gasteiger partial charge in [0.15, 0.2) is 0 Å². The van der Waals surface area contributed by atoms with Crippen LogP contribution in [-0.4, -0.2) is 31.7 Å². The zero-order valence-electron chi connectivity index (χ0n) is 16.9. The second-order valence-corrected chi connectivity index (χ2v) is 7.61. The summed E-state index contributed by atoms with van der Waals surface area (Å²) in [5.41, 5.74) is 1.58. The molecule has 2 aromatic heterocycles. The van der Waals surface area contributed by atoms with Gasteiger partial charge in [-0.3, -0.25) is 4.79 Å². The highest BCUT2D eigenvalue weighted by molar-refractivity contribution is 5.95. The zero-order chi connectivity index (χ0) is 22.3. The van der Waals surface area contributed by atoms with Crippen LogP contribution in [0.5, 0.6) is 0 Å². The third-order valence-electron chi connectivity index (χ3n) is 5.69. The van der Waals surface area contributed by atoms with Gasteiger partial charge in [-0.2, -0.15) is 18.3 Å². The van der Waals surface area contributed by atoms with Crippen LogP contribution in [0.15, 0.2) is 85.2 Å². The summed E-state index contributed by atoms with van der Waals surface area (Å²) >= 11 is 0. The number of carbonyl (C=O) groups excluding carboxylic acids is 1. The summed E-state index contributed by atoms with van der Waals surface area (Å²) in [6.07, 6.45) is -1.46. The molecule has 8 heteroatoms. The predicted molar refractivity (Wildman–Crippen MR) is 112 cm³/mol. The van der Waals surface area contributed by atoms with Crippen molar-refractivity contribution in [1.82, 2.24) is 19.2 Å². The second-order valence-electron chi connectivity index (χ2n) is 7.61. The van der Waals surface area contributed by atoms with Gasteiger partial charge in [-0.05, 0) is 42.0 Å². The number of fused-ring (bicyclic) bond motifs is 1. The average Bonchev–Trinajstić information content (AvgIpc) is 3.48. The van der Waals surface area contributed by atoms with E-state index in [1.807, 2.05) is 48.7 Å². The molecule has 0 bridgehead atoms. The molecular formula is C24H19F3N4O. The molecule has 5 rings (SSSR count). The summed E-state index contributed by atoms with van der Waals surface area (Å²) in [5, 5.41) is 3.82. The van der Waals surface area contributed by atoms with Crippen molar-refractivity contribution in [3.63, 3.8) is 0 Å². The average molecular weight is 436 g/mol. The normalized spacial score (nSPS) is 16.1. The zero-order valence-corrected chi connectivity index (χ0v) is 16.9. The van der Waals surface area contributed by atoms with Crippen molar-refractivity contribution in [2.75, 3.05) is 6.54 Å². The number of halogens is 3. The molecule has 2 aromatic carbocycles. The Labute approximate surface area is 182 Å². The van der Waals surface area contributed by atoms with Gasteiger partial charge in [-0.15, -0.1) is 0 Å². The maximum atomic E-state index is 13.6. The molecule has 0 N–H and O–H groups in total. The van der Waals surface area contributed by atoms with E-state index in [9.17, 15) is 18.0 Å². The van der Waals surface area contributed by atoms with Crippen molar-refractivity contribution in [2.24, 2.45) is 0 Å². The van der Waals surface area contributed by atoms with E-state index in [0.717, 1.165) is 28.2 Å². The van der Waals surface area contributed by atoms with Crippen LogP contribution in [0.3, 0.4) is 0 Å². The minimum atomic E-state index is -4.55. The first-order chi connectivity index (χ1) is 15.4. The van der Waals surface area contributed by atoms with Gasteiger partial charge in [-0.1, -0.05) is 36.4 Å². The number of aromatic nitrogens is 3. The Balaban J connectivity index is 1.53. The molecule has 0 aliphatic carbocycles. The van der Waals surface area contributed by atoms with E-state index in [2.05, 4.69) is 9.67 Å². The van der Waals surface area contributed by atoms with E-state index in [0.29, 0.717) is 18.7 Å². The largest absolute Gasteiger partial charge is 0.433 e. The minimum absolute atomic E-state index is 0.185. The van der Waals surface area contributed by atoms with Gasteiger partial charge in [0, 0.05) is 30.5 Å². The molecule has 32 heavy (non-hydrogen) atoms. The lowest BCUT2D eigenvalue weighted by molar-refractivity contribution is -0.142. The maximum Gasteiger partial charge on any atom is 0.433 e. The van der Waals surface area contributed by atoms with Crippen molar-refractivity contribution in [3.8, 4) is 5.69 Å². The van der Waals surface area contributed by atoms with Gasteiger partial charge < -0.3 is 9.47 Å². The maximum absolute atomic E-state index is 13.6. The molecule has 0 spiro atoms. The monoisotopic (exact) mass is 436 g/mol. The van der Waals surface area contributed by atoms with Gasteiger partial charge in [0.2, 0.25) is 0 Å². The quantitative estimate of drug-likeness (QED) is 0.457. The lowest BCUT2D eigenvalue weighted by Gasteiger charge is -2.37. The Hall–Kier alpha value is -3.81. The van der Waals surface area contributed by atoms with E-state index in [1.54, 1.807) is 17.0 Å². The van der Waals surface area contributed by atoms with Crippen molar-refractivity contribution < 1.29 is 18.0 Å². The summed E-state index contributed by atoms with van der Waals surface area (Å²) in [6.45, 7) is 1.13. The second kappa shape index (κ2) is 7.71. The highest BCUT2D eigenvalue weighted by atomic mass is 19.4. The Morgan fingerprint density at radius 1 is 0.938 bits per heavy atom. The molecule has 0 saturated carbocycles. The van der Waals surface area contributed by atoms with Gasteiger partial charge in [0.05, 0.1) is 17.9 Å². The molecule has 162 valence electrons. The molecule has 0 fully saturated rings. The first kappa shape index (κ1) is 20.1. The Bertz CT molecular complexity index is 1260. The van der Waals surface area contributed by atoms with Crippen molar-refractivity contribution in [3.05, 3.63) is 108 Å². The van der Waals surface area contributed by atoms with Crippen molar-refractivity contribution in [1.29, 1.82) is 0 Å². The molecule has 0 radical (unpaired) electrons. The summed E-state index contributed by atoms with van der Waals surface area (Å²) in [6, 6.07) is 20.5. The van der Waals surface area contributed by atoms with Crippen LogP contribution >= 0.6 is 0 Å². The Morgan fingerprint density at radius 3 is 2.53 bits per heavy atom. The number of rotatable bonds is 3. The fourth-order valence-corrected chi connectivity index (χ4v) is 4.25. The topological polar surface area (TPSA) is 43.1 Å². The van der Waals surface area contributed by atoms with Crippen molar-refractivity contribution >= 4 is 5.91 Å². The Morgan fingerprint density at radius 2 is 1.75 bits per heavy atom. The summed E-state index contributed by atoms with van der Waals surface area (Å²) in [7, 11) is 0. The van der Waals surface area contributed by atoms with Crippen LogP contribution in [0, 0.1) is 0 Å². The van der Waals surface area contributed by atoms with Crippen LogP contribution in [0.25, 0.3) is 5.69 Å². The van der Waals surface area contributed by atoms with E-state index >= 15 is 0 Å². The fourth-order valence-electron chi connectivity index (χ4n) is 4.25. The number of amides is 1. The predicted octanol–water partition coefficient (Wildman–Crippen LogP) is 4.94. The van der Waals surface area contributed by atoms with E-state index in [1.165, 1.54) is 12.1 Å². The van der Waals surface area contributed by atoms with Gasteiger partial charge in [0.1, 0.15) is 5.69 Å². The summed E-state index contributed by atoms with van der Waals surface area (Å²) in [4.78, 5) is 15.4. The highest BCUT2D eigenvalue weighted by Crippen LogP contribution is 2.34. The molecule has 1 aliphatic heterocycles. The SMILES string of the molecule is O=C(c1cccc(-n2nccc2C(F)(F)F)c1)N1CCn2cccc2C1c1ccccc1. The van der Waals surface area contributed by atoms with Gasteiger partial charge in [0.25, 0.3) is 5.91 Å². The van der Waals surface area contributed by atoms with E-state index in [4.69, 9.17) is 0 Å². The number of hydrogen-bond acceptors (Lipinski definition) is 2. The minimum Gasteiger partial charge on any atom is -0.348 e. The van der Waals surface area contributed by atoms with Crippen molar-refractivity contribution in [2.45, 2.75) is 18.8 Å². The smallest absolute Gasteiger partial charge is 0.348 e. The van der Waals surface area contributed by atoms with Crippen LogP contribution < -0.4 is 0 Å². The number of hydrogen-bond donors (Lipinski definition) is 0. The van der Waals surface area contributed by atoms with E-state index < -0.39 is 11.9 Å². The van der Waals surface area contributed by atoms with Crippen LogP contribution in [0.4, 0.5) is 13.2 Å². The van der Waals surface area contributed by atoms with Gasteiger partial charge in [-0.25, -0.2) is 4.68 Å².